The zero-order valence-electron chi connectivity index (χ0n) is 11.2. The van der Waals surface area contributed by atoms with Gasteiger partial charge < -0.3 is 15.2 Å². The molecule has 1 aliphatic heterocycles. The van der Waals surface area contributed by atoms with E-state index in [1.165, 1.54) is 0 Å². The maximum atomic E-state index is 5.94. The first-order valence-corrected chi connectivity index (χ1v) is 8.34. The lowest BCUT2D eigenvalue weighted by Gasteiger charge is -2.27. The van der Waals surface area contributed by atoms with Gasteiger partial charge in [-0.3, -0.25) is 4.90 Å². The summed E-state index contributed by atoms with van der Waals surface area (Å²) in [5, 5.41) is 0. The van der Waals surface area contributed by atoms with E-state index in [1.54, 1.807) is 0 Å². The number of hydrogen-bond acceptors (Lipinski definition) is 5. The van der Waals surface area contributed by atoms with Gasteiger partial charge in [0.25, 0.3) is 0 Å². The molecule has 2 rings (SSSR count). The highest BCUT2D eigenvalue weighted by atomic mass is 79.9. The van der Waals surface area contributed by atoms with Crippen LogP contribution in [0.1, 0.15) is 11.6 Å². The fourth-order valence-electron chi connectivity index (χ4n) is 2.14. The van der Waals surface area contributed by atoms with Gasteiger partial charge in [-0.1, -0.05) is 0 Å². The zero-order valence-corrected chi connectivity index (χ0v) is 13.6. The van der Waals surface area contributed by atoms with Crippen molar-refractivity contribution in [3.63, 3.8) is 0 Å². The van der Waals surface area contributed by atoms with Crippen LogP contribution in [0.5, 0.6) is 11.5 Å². The van der Waals surface area contributed by atoms with Crippen LogP contribution in [0.4, 0.5) is 0 Å². The molecule has 1 aromatic carbocycles. The Morgan fingerprint density at radius 2 is 2.26 bits per heavy atom. The van der Waals surface area contributed by atoms with E-state index in [-0.39, 0.29) is 12.8 Å². The summed E-state index contributed by atoms with van der Waals surface area (Å²) in [6.07, 6.45) is 2.11. The molecular weight excluding hydrogens is 328 g/mol. The first-order chi connectivity index (χ1) is 9.17. The summed E-state index contributed by atoms with van der Waals surface area (Å²) < 4.78 is 11.8. The van der Waals surface area contributed by atoms with Crippen molar-refractivity contribution in [2.24, 2.45) is 5.73 Å². The van der Waals surface area contributed by atoms with Crippen LogP contribution < -0.4 is 15.2 Å². The SMILES string of the molecule is CSCCN(C)C(CN)c1cc(Br)c2c(c1)OCO2. The Morgan fingerprint density at radius 1 is 1.47 bits per heavy atom. The number of nitrogens with zero attached hydrogens (tertiary/aromatic N) is 1. The molecule has 0 saturated carbocycles. The van der Waals surface area contributed by atoms with Crippen LogP contribution in [-0.2, 0) is 0 Å². The van der Waals surface area contributed by atoms with Crippen molar-refractivity contribution in [2.75, 3.05) is 38.9 Å². The van der Waals surface area contributed by atoms with Crippen molar-refractivity contribution in [2.45, 2.75) is 6.04 Å². The molecule has 1 heterocycles. The molecule has 1 aromatic rings. The molecule has 1 atom stereocenters. The Kier molecular flexibility index (Phi) is 5.38. The first-order valence-electron chi connectivity index (χ1n) is 6.15. The summed E-state index contributed by atoms with van der Waals surface area (Å²) in [6, 6.07) is 4.29. The molecule has 4 nitrogen and oxygen atoms in total. The van der Waals surface area contributed by atoms with Gasteiger partial charge in [0.15, 0.2) is 11.5 Å². The molecule has 106 valence electrons. The normalized spacial score (nSPS) is 15.0. The van der Waals surface area contributed by atoms with Crippen LogP contribution in [-0.4, -0.2) is 43.8 Å². The molecule has 0 saturated heterocycles. The van der Waals surface area contributed by atoms with Crippen LogP contribution >= 0.6 is 27.7 Å². The van der Waals surface area contributed by atoms with Gasteiger partial charge in [0.2, 0.25) is 6.79 Å². The van der Waals surface area contributed by atoms with Crippen molar-refractivity contribution in [1.82, 2.24) is 4.90 Å². The van der Waals surface area contributed by atoms with E-state index < -0.39 is 0 Å². The molecular formula is C13H19BrN2O2S. The number of fused-ring (bicyclic) bond motifs is 1. The summed E-state index contributed by atoms with van der Waals surface area (Å²) >= 11 is 5.37. The molecule has 1 unspecified atom stereocenters. The van der Waals surface area contributed by atoms with Gasteiger partial charge in [0.05, 0.1) is 4.47 Å². The Balaban J connectivity index is 2.21. The van der Waals surface area contributed by atoms with Crippen LogP contribution in [0.3, 0.4) is 0 Å². The highest BCUT2D eigenvalue weighted by Gasteiger charge is 2.22. The van der Waals surface area contributed by atoms with Crippen molar-refractivity contribution in [3.05, 3.63) is 22.2 Å². The van der Waals surface area contributed by atoms with Gasteiger partial charge in [0.1, 0.15) is 0 Å². The van der Waals surface area contributed by atoms with E-state index >= 15 is 0 Å². The summed E-state index contributed by atoms with van der Waals surface area (Å²) in [5.41, 5.74) is 7.09. The van der Waals surface area contributed by atoms with E-state index in [1.807, 2.05) is 17.8 Å². The lowest BCUT2D eigenvalue weighted by Crippen LogP contribution is -2.32. The third-order valence-corrected chi connectivity index (χ3v) is 4.42. The molecule has 0 aromatic heterocycles. The second-order valence-corrected chi connectivity index (χ2v) is 6.30. The third kappa shape index (κ3) is 3.37. The van der Waals surface area contributed by atoms with Gasteiger partial charge in [0, 0.05) is 24.9 Å². The van der Waals surface area contributed by atoms with Gasteiger partial charge in [-0.25, -0.2) is 0 Å². The number of ether oxygens (including phenoxy) is 2. The smallest absolute Gasteiger partial charge is 0.231 e. The van der Waals surface area contributed by atoms with E-state index in [0.29, 0.717) is 6.54 Å². The molecule has 0 amide bonds. The summed E-state index contributed by atoms with van der Waals surface area (Å²) in [5.74, 6) is 2.67. The number of rotatable bonds is 6. The molecule has 19 heavy (non-hydrogen) atoms. The molecule has 0 fully saturated rings. The predicted octanol–water partition coefficient (Wildman–Crippen LogP) is 2.47. The summed E-state index contributed by atoms with van der Waals surface area (Å²) in [4.78, 5) is 2.28. The molecule has 6 heteroatoms. The van der Waals surface area contributed by atoms with Crippen LogP contribution in [0.2, 0.25) is 0 Å². The number of likely N-dealkylation sites (N-methyl/N-ethyl adjacent to an activating group) is 1. The lowest BCUT2D eigenvalue weighted by atomic mass is 10.1. The Labute approximate surface area is 126 Å². The maximum absolute atomic E-state index is 5.94. The summed E-state index contributed by atoms with van der Waals surface area (Å²) in [6.45, 7) is 1.87. The first kappa shape index (κ1) is 15.0. The topological polar surface area (TPSA) is 47.7 Å². The Morgan fingerprint density at radius 3 is 2.95 bits per heavy atom. The quantitative estimate of drug-likeness (QED) is 0.857. The Hall–Kier alpha value is -0.430. The minimum Gasteiger partial charge on any atom is -0.454 e. The molecule has 0 spiro atoms. The molecule has 0 aliphatic carbocycles. The monoisotopic (exact) mass is 346 g/mol. The number of halogens is 1. The van der Waals surface area contributed by atoms with Gasteiger partial charge >= 0.3 is 0 Å². The van der Waals surface area contributed by atoms with Crippen LogP contribution in [0.15, 0.2) is 16.6 Å². The zero-order chi connectivity index (χ0) is 13.8. The number of thioether (sulfide) groups is 1. The minimum absolute atomic E-state index is 0.193. The fraction of sp³-hybridized carbons (Fsp3) is 0.538. The number of hydrogen-bond donors (Lipinski definition) is 1. The van der Waals surface area contributed by atoms with Gasteiger partial charge in [-0.2, -0.15) is 11.8 Å². The molecule has 2 N–H and O–H groups in total. The average molecular weight is 347 g/mol. The molecule has 0 radical (unpaired) electrons. The van der Waals surface area contributed by atoms with Crippen LogP contribution in [0.25, 0.3) is 0 Å². The van der Waals surface area contributed by atoms with Crippen molar-refractivity contribution in [1.29, 1.82) is 0 Å². The van der Waals surface area contributed by atoms with E-state index in [0.717, 1.165) is 33.8 Å². The van der Waals surface area contributed by atoms with Crippen molar-refractivity contribution >= 4 is 27.7 Å². The third-order valence-electron chi connectivity index (χ3n) is 3.24. The van der Waals surface area contributed by atoms with E-state index in [9.17, 15) is 0 Å². The second kappa shape index (κ2) is 6.83. The predicted molar refractivity (Wildman–Crippen MR) is 83.1 cm³/mol. The number of benzene rings is 1. The van der Waals surface area contributed by atoms with E-state index in [2.05, 4.69) is 40.2 Å². The van der Waals surface area contributed by atoms with E-state index in [4.69, 9.17) is 15.2 Å². The number of nitrogens with two attached hydrogens (primary N) is 1. The molecule has 0 bridgehead atoms. The highest BCUT2D eigenvalue weighted by Crippen LogP contribution is 2.41. The highest BCUT2D eigenvalue weighted by molar-refractivity contribution is 9.10. The van der Waals surface area contributed by atoms with Crippen LogP contribution in [0, 0.1) is 0 Å². The average Bonchev–Trinajstić information content (AvgIpc) is 2.86. The van der Waals surface area contributed by atoms with Crippen molar-refractivity contribution in [3.8, 4) is 11.5 Å². The standard InChI is InChI=1S/C13H19BrN2O2S/c1-16(3-4-19-2)11(7-15)9-5-10(14)13-12(6-9)17-8-18-13/h5-6,11H,3-4,7-8,15H2,1-2H3. The fourth-order valence-corrected chi connectivity index (χ4v) is 3.19. The van der Waals surface area contributed by atoms with Crippen molar-refractivity contribution < 1.29 is 9.47 Å². The Bertz CT molecular complexity index is 445. The minimum atomic E-state index is 0.193. The maximum Gasteiger partial charge on any atom is 0.231 e. The van der Waals surface area contributed by atoms with Gasteiger partial charge in [-0.15, -0.1) is 0 Å². The molecule has 1 aliphatic rings. The van der Waals surface area contributed by atoms with Gasteiger partial charge in [-0.05, 0) is 46.9 Å². The summed E-state index contributed by atoms with van der Waals surface area (Å²) in [7, 11) is 2.10. The largest absolute Gasteiger partial charge is 0.454 e. The second-order valence-electron chi connectivity index (χ2n) is 4.46. The lowest BCUT2D eigenvalue weighted by molar-refractivity contribution is 0.173.